The fraction of sp³-hybridized carbons (Fsp3) is 0.389. The van der Waals surface area contributed by atoms with Crippen LogP contribution in [-0.2, 0) is 10.0 Å². The van der Waals surface area contributed by atoms with Gasteiger partial charge in [-0.15, -0.1) is 0 Å². The van der Waals surface area contributed by atoms with Gasteiger partial charge in [0.05, 0.1) is 17.5 Å². The Hall–Kier alpha value is -2.12. The smallest absolute Gasteiger partial charge is 0.339 e. The minimum absolute atomic E-state index is 0.259. The predicted octanol–water partition coefficient (Wildman–Crippen LogP) is 2.41. The van der Waals surface area contributed by atoms with Gasteiger partial charge in [-0.2, -0.15) is 4.31 Å². The molecular formula is C18H21NO5S. The van der Waals surface area contributed by atoms with Crippen LogP contribution in [0.3, 0.4) is 0 Å². The van der Waals surface area contributed by atoms with E-state index < -0.39 is 15.6 Å². The van der Waals surface area contributed by atoms with Crippen LogP contribution in [0.1, 0.15) is 23.3 Å². The minimum atomic E-state index is -3.56. The van der Waals surface area contributed by atoms with E-state index in [-0.39, 0.29) is 12.6 Å². The van der Waals surface area contributed by atoms with Gasteiger partial charge in [0.2, 0.25) is 10.0 Å². The summed E-state index contributed by atoms with van der Waals surface area (Å²) in [7, 11) is -3.56. The first-order valence-electron chi connectivity index (χ1n) is 8.11. The van der Waals surface area contributed by atoms with E-state index in [1.807, 2.05) is 19.1 Å². The van der Waals surface area contributed by atoms with Gasteiger partial charge in [0, 0.05) is 12.6 Å². The van der Waals surface area contributed by atoms with Gasteiger partial charge in [-0.25, -0.2) is 13.2 Å². The molecule has 0 bridgehead atoms. The van der Waals surface area contributed by atoms with Gasteiger partial charge in [-0.1, -0.05) is 12.1 Å². The molecule has 134 valence electrons. The predicted molar refractivity (Wildman–Crippen MR) is 93.4 cm³/mol. The Morgan fingerprint density at radius 1 is 1.16 bits per heavy atom. The summed E-state index contributed by atoms with van der Waals surface area (Å²) < 4.78 is 38.0. The van der Waals surface area contributed by atoms with Crippen molar-refractivity contribution in [3.05, 3.63) is 57.6 Å². The Balaban J connectivity index is 1.78. The van der Waals surface area contributed by atoms with E-state index in [4.69, 9.17) is 9.15 Å². The molecule has 0 radical (unpaired) electrons. The average molecular weight is 363 g/mol. The maximum Gasteiger partial charge on any atom is 0.339 e. The number of ether oxygens (including phenoxy) is 1. The van der Waals surface area contributed by atoms with Gasteiger partial charge < -0.3 is 9.15 Å². The van der Waals surface area contributed by atoms with E-state index in [1.165, 1.54) is 10.4 Å². The molecule has 6 nitrogen and oxygen atoms in total. The van der Waals surface area contributed by atoms with Crippen molar-refractivity contribution < 1.29 is 17.6 Å². The first-order valence-corrected chi connectivity index (χ1v) is 9.55. The summed E-state index contributed by atoms with van der Waals surface area (Å²) in [5, 5.41) is 0. The Bertz CT molecular complexity index is 948. The number of nitrogens with zero attached hydrogens (tertiary/aromatic N) is 1. The second-order valence-corrected chi connectivity index (χ2v) is 8.29. The molecule has 1 aromatic carbocycles. The molecule has 3 rings (SSSR count). The number of hydrogen-bond donors (Lipinski definition) is 0. The first kappa shape index (κ1) is 17.7. The molecule has 1 aliphatic rings. The van der Waals surface area contributed by atoms with Crippen LogP contribution in [0.4, 0.5) is 0 Å². The number of sulfonamides is 1. The molecule has 0 aliphatic carbocycles. The normalized spacial score (nSPS) is 18.4. The van der Waals surface area contributed by atoms with Gasteiger partial charge in [0.25, 0.3) is 0 Å². The third-order valence-corrected chi connectivity index (χ3v) is 6.25. The fourth-order valence-corrected chi connectivity index (χ4v) is 4.77. The van der Waals surface area contributed by atoms with Crippen molar-refractivity contribution in [2.75, 3.05) is 13.1 Å². The van der Waals surface area contributed by atoms with E-state index in [2.05, 4.69) is 0 Å². The first-order chi connectivity index (χ1) is 11.8. The lowest BCUT2D eigenvalue weighted by Gasteiger charge is -2.19. The lowest BCUT2D eigenvalue weighted by molar-refractivity contribution is 0.213. The number of rotatable bonds is 4. The van der Waals surface area contributed by atoms with Crippen molar-refractivity contribution in [1.29, 1.82) is 0 Å². The quantitative estimate of drug-likeness (QED) is 0.834. The summed E-state index contributed by atoms with van der Waals surface area (Å²) in [5.41, 5.74) is 1.15. The number of aryl methyl sites for hydroxylation is 3. The molecule has 1 atom stereocenters. The van der Waals surface area contributed by atoms with E-state index in [0.717, 1.165) is 11.1 Å². The maximum atomic E-state index is 12.9. The van der Waals surface area contributed by atoms with Crippen LogP contribution in [0.5, 0.6) is 5.75 Å². The van der Waals surface area contributed by atoms with Crippen LogP contribution in [0.2, 0.25) is 0 Å². The van der Waals surface area contributed by atoms with Gasteiger partial charge in [0.1, 0.15) is 17.6 Å². The van der Waals surface area contributed by atoms with Gasteiger partial charge in [-0.05, 0) is 44.4 Å². The number of hydrogen-bond acceptors (Lipinski definition) is 5. The van der Waals surface area contributed by atoms with Crippen LogP contribution >= 0.6 is 0 Å². The minimum Gasteiger partial charge on any atom is -0.489 e. The van der Waals surface area contributed by atoms with Crippen molar-refractivity contribution in [3.63, 3.8) is 0 Å². The van der Waals surface area contributed by atoms with Crippen LogP contribution in [0.25, 0.3) is 0 Å². The zero-order chi connectivity index (χ0) is 18.2. The Morgan fingerprint density at radius 3 is 2.64 bits per heavy atom. The van der Waals surface area contributed by atoms with Crippen LogP contribution in [0.15, 0.2) is 44.4 Å². The van der Waals surface area contributed by atoms with Crippen LogP contribution in [-0.4, -0.2) is 31.9 Å². The van der Waals surface area contributed by atoms with Crippen molar-refractivity contribution in [2.45, 2.75) is 38.2 Å². The summed E-state index contributed by atoms with van der Waals surface area (Å²) >= 11 is 0. The van der Waals surface area contributed by atoms with Gasteiger partial charge >= 0.3 is 5.63 Å². The standard InChI is InChI=1S/C18H21NO5S/c1-12-4-5-13(2)17(8-12)25(21,22)19-7-6-15(11-19)24-16-9-14(3)23-18(20)10-16/h4-5,8-10,15H,6-7,11H2,1-3H3. The molecule has 0 spiro atoms. The van der Waals surface area contributed by atoms with Gasteiger partial charge in [-0.3, -0.25) is 0 Å². The van der Waals surface area contributed by atoms with E-state index in [1.54, 1.807) is 26.0 Å². The molecule has 0 amide bonds. The molecule has 0 N–H and O–H groups in total. The molecule has 1 fully saturated rings. The lowest BCUT2D eigenvalue weighted by atomic mass is 10.2. The highest BCUT2D eigenvalue weighted by molar-refractivity contribution is 7.89. The molecular weight excluding hydrogens is 342 g/mol. The van der Waals surface area contributed by atoms with Crippen LogP contribution in [0, 0.1) is 20.8 Å². The van der Waals surface area contributed by atoms with Crippen molar-refractivity contribution in [3.8, 4) is 5.75 Å². The van der Waals surface area contributed by atoms with Crippen molar-refractivity contribution >= 4 is 10.0 Å². The SMILES string of the molecule is Cc1ccc(C)c(S(=O)(=O)N2CCC(Oc3cc(C)oc(=O)c3)C2)c1. The van der Waals surface area contributed by atoms with Gasteiger partial charge in [0.15, 0.2) is 0 Å². The zero-order valence-electron chi connectivity index (χ0n) is 14.5. The van der Waals surface area contributed by atoms with E-state index in [0.29, 0.717) is 29.4 Å². The van der Waals surface area contributed by atoms with E-state index >= 15 is 0 Å². The Labute approximate surface area is 147 Å². The lowest BCUT2D eigenvalue weighted by Crippen LogP contribution is -2.31. The molecule has 2 heterocycles. The molecule has 0 saturated carbocycles. The summed E-state index contributed by atoms with van der Waals surface area (Å²) in [6, 6.07) is 8.31. The second-order valence-electron chi connectivity index (χ2n) is 6.38. The highest BCUT2D eigenvalue weighted by Gasteiger charge is 2.34. The zero-order valence-corrected chi connectivity index (χ0v) is 15.3. The Kier molecular flexibility index (Phi) is 4.71. The molecule has 2 aromatic rings. The molecule has 1 saturated heterocycles. The average Bonchev–Trinajstić information content (AvgIpc) is 2.98. The summed E-state index contributed by atoms with van der Waals surface area (Å²) in [4.78, 5) is 11.7. The molecule has 1 unspecified atom stereocenters. The maximum absolute atomic E-state index is 12.9. The number of benzene rings is 1. The molecule has 7 heteroatoms. The van der Waals surface area contributed by atoms with E-state index in [9.17, 15) is 13.2 Å². The fourth-order valence-electron chi connectivity index (χ4n) is 2.97. The summed E-state index contributed by atoms with van der Waals surface area (Å²) in [6.45, 7) is 5.98. The largest absolute Gasteiger partial charge is 0.489 e. The third-order valence-electron chi connectivity index (χ3n) is 4.24. The Morgan fingerprint density at radius 2 is 1.92 bits per heavy atom. The molecule has 1 aliphatic heterocycles. The summed E-state index contributed by atoms with van der Waals surface area (Å²) in [5.74, 6) is 0.866. The molecule has 1 aromatic heterocycles. The summed E-state index contributed by atoms with van der Waals surface area (Å²) in [6.07, 6.45) is 0.282. The van der Waals surface area contributed by atoms with Crippen LogP contribution < -0.4 is 10.4 Å². The van der Waals surface area contributed by atoms with Crippen molar-refractivity contribution in [2.24, 2.45) is 0 Å². The third kappa shape index (κ3) is 3.77. The highest BCUT2D eigenvalue weighted by atomic mass is 32.2. The monoisotopic (exact) mass is 363 g/mol. The second kappa shape index (κ2) is 6.65. The topological polar surface area (TPSA) is 76.8 Å². The highest BCUT2D eigenvalue weighted by Crippen LogP contribution is 2.26. The van der Waals surface area contributed by atoms with Crippen molar-refractivity contribution in [1.82, 2.24) is 4.31 Å². The molecule has 25 heavy (non-hydrogen) atoms.